The molecule has 0 aliphatic carbocycles. The van der Waals surface area contributed by atoms with Crippen LogP contribution in [0.4, 0.5) is 5.69 Å². The number of carbonyl (C=O) groups excluding carboxylic acids is 2. The number of nitrogens with zero attached hydrogens (tertiary/aromatic N) is 2. The van der Waals surface area contributed by atoms with Crippen LogP contribution in [0.15, 0.2) is 48.8 Å². The quantitative estimate of drug-likeness (QED) is 0.657. The Kier molecular flexibility index (Phi) is 5.68. The number of esters is 1. The predicted octanol–water partition coefficient (Wildman–Crippen LogP) is 2.66. The van der Waals surface area contributed by atoms with E-state index < -0.39 is 6.04 Å². The highest BCUT2D eigenvalue weighted by Crippen LogP contribution is 2.13. The summed E-state index contributed by atoms with van der Waals surface area (Å²) in [6.45, 7) is 3.88. The summed E-state index contributed by atoms with van der Waals surface area (Å²) in [5.74, 6) is -0.526. The van der Waals surface area contributed by atoms with Gasteiger partial charge in [-0.2, -0.15) is 5.10 Å². The monoisotopic (exact) mass is 313 g/mol. The van der Waals surface area contributed by atoms with Crippen LogP contribution in [-0.2, 0) is 14.3 Å². The van der Waals surface area contributed by atoms with Gasteiger partial charge in [0.2, 0.25) is 5.91 Å². The maximum Gasteiger partial charge on any atom is 0.330 e. The number of ether oxygens (including phenoxy) is 1. The van der Waals surface area contributed by atoms with Crippen molar-refractivity contribution in [2.45, 2.75) is 19.9 Å². The Labute approximate surface area is 134 Å². The van der Waals surface area contributed by atoms with E-state index in [0.717, 1.165) is 5.56 Å². The summed E-state index contributed by atoms with van der Waals surface area (Å²) in [6.07, 6.45) is 6.41. The molecule has 0 spiro atoms. The molecule has 2 rings (SSSR count). The van der Waals surface area contributed by atoms with Crippen LogP contribution in [-0.4, -0.2) is 28.3 Å². The lowest BCUT2D eigenvalue weighted by Gasteiger charge is -2.12. The zero-order valence-electron chi connectivity index (χ0n) is 13.1. The zero-order valence-corrected chi connectivity index (χ0v) is 13.1. The predicted molar refractivity (Wildman–Crippen MR) is 87.7 cm³/mol. The van der Waals surface area contributed by atoms with E-state index in [1.54, 1.807) is 55.2 Å². The second kappa shape index (κ2) is 7.93. The molecule has 2 aromatic rings. The number of carbonyl (C=O) groups is 2. The van der Waals surface area contributed by atoms with Crippen LogP contribution >= 0.6 is 0 Å². The highest BCUT2D eigenvalue weighted by Gasteiger charge is 2.14. The van der Waals surface area contributed by atoms with Crippen molar-refractivity contribution < 1.29 is 14.3 Å². The molecular formula is C17H19N3O3. The van der Waals surface area contributed by atoms with Crippen LogP contribution in [0, 0.1) is 0 Å². The molecule has 0 aliphatic heterocycles. The molecule has 120 valence electrons. The maximum atomic E-state index is 12.1. The van der Waals surface area contributed by atoms with Crippen LogP contribution in [0.1, 0.15) is 25.5 Å². The van der Waals surface area contributed by atoms with Gasteiger partial charge >= 0.3 is 5.97 Å². The Bertz CT molecular complexity index is 676. The smallest absolute Gasteiger partial charge is 0.330 e. The normalized spacial score (nSPS) is 12.1. The van der Waals surface area contributed by atoms with E-state index in [0.29, 0.717) is 12.3 Å². The molecular weight excluding hydrogens is 294 g/mol. The Morgan fingerprint density at radius 1 is 1.35 bits per heavy atom. The summed E-state index contributed by atoms with van der Waals surface area (Å²) in [4.78, 5) is 23.4. The highest BCUT2D eigenvalue weighted by molar-refractivity contribution is 5.93. The number of nitrogens with one attached hydrogen (secondary N) is 1. The first kappa shape index (κ1) is 16.5. The molecule has 6 heteroatoms. The first-order valence-electron chi connectivity index (χ1n) is 7.35. The average molecular weight is 313 g/mol. The summed E-state index contributed by atoms with van der Waals surface area (Å²) in [5.41, 5.74) is 1.53. The minimum Gasteiger partial charge on any atom is -0.463 e. The van der Waals surface area contributed by atoms with E-state index in [2.05, 4.69) is 10.4 Å². The lowest BCUT2D eigenvalue weighted by atomic mass is 10.2. The first-order chi connectivity index (χ1) is 11.1. The van der Waals surface area contributed by atoms with Crippen molar-refractivity contribution in [2.75, 3.05) is 11.9 Å². The van der Waals surface area contributed by atoms with Crippen LogP contribution in [0.3, 0.4) is 0 Å². The molecule has 1 heterocycles. The van der Waals surface area contributed by atoms with Crippen molar-refractivity contribution in [2.24, 2.45) is 0 Å². The first-order valence-corrected chi connectivity index (χ1v) is 7.35. The summed E-state index contributed by atoms with van der Waals surface area (Å²) < 4.78 is 6.40. The number of rotatable bonds is 6. The van der Waals surface area contributed by atoms with E-state index >= 15 is 0 Å². The fourth-order valence-corrected chi connectivity index (χ4v) is 1.91. The standard InChI is InChI=1S/C17H19N3O3/c1-3-23-16(21)10-7-14-5-8-15(9-6-14)19-17(22)13(2)20-12-4-11-18-20/h4-13H,3H2,1-2H3,(H,19,22)/b10-7+. The Balaban J connectivity index is 1.94. The van der Waals surface area contributed by atoms with Gasteiger partial charge in [-0.15, -0.1) is 0 Å². The largest absolute Gasteiger partial charge is 0.463 e. The lowest BCUT2D eigenvalue weighted by Crippen LogP contribution is -2.23. The molecule has 1 N–H and O–H groups in total. The summed E-state index contributed by atoms with van der Waals surface area (Å²) in [7, 11) is 0. The second-order valence-electron chi connectivity index (χ2n) is 4.86. The minimum atomic E-state index is -0.395. The van der Waals surface area contributed by atoms with Gasteiger partial charge in [0.15, 0.2) is 0 Å². The Morgan fingerprint density at radius 3 is 2.70 bits per heavy atom. The van der Waals surface area contributed by atoms with E-state index in [-0.39, 0.29) is 11.9 Å². The van der Waals surface area contributed by atoms with Crippen LogP contribution in [0.2, 0.25) is 0 Å². The van der Waals surface area contributed by atoms with Crippen molar-refractivity contribution in [3.05, 3.63) is 54.4 Å². The third-order valence-electron chi connectivity index (χ3n) is 3.18. The molecule has 0 fully saturated rings. The van der Waals surface area contributed by atoms with Crippen LogP contribution < -0.4 is 5.32 Å². The molecule has 1 atom stereocenters. The van der Waals surface area contributed by atoms with Crippen molar-refractivity contribution in [1.29, 1.82) is 0 Å². The molecule has 0 saturated heterocycles. The minimum absolute atomic E-state index is 0.150. The molecule has 1 unspecified atom stereocenters. The van der Waals surface area contributed by atoms with Gasteiger partial charge in [-0.25, -0.2) is 4.79 Å². The third-order valence-corrected chi connectivity index (χ3v) is 3.18. The molecule has 0 bridgehead atoms. The van der Waals surface area contributed by atoms with Gasteiger partial charge in [0, 0.05) is 24.2 Å². The van der Waals surface area contributed by atoms with Gasteiger partial charge in [-0.05, 0) is 43.7 Å². The van der Waals surface area contributed by atoms with E-state index in [1.807, 2.05) is 12.1 Å². The van der Waals surface area contributed by atoms with E-state index in [9.17, 15) is 9.59 Å². The number of anilines is 1. The van der Waals surface area contributed by atoms with Crippen molar-refractivity contribution >= 4 is 23.6 Å². The number of amides is 1. The Hall–Kier alpha value is -2.89. The van der Waals surface area contributed by atoms with Gasteiger partial charge in [-0.3, -0.25) is 9.48 Å². The summed E-state index contributed by atoms with van der Waals surface area (Å²) in [6, 6.07) is 8.55. The fraction of sp³-hybridized carbons (Fsp3) is 0.235. The van der Waals surface area contributed by atoms with E-state index in [4.69, 9.17) is 4.74 Å². The molecule has 0 aliphatic rings. The third kappa shape index (κ3) is 4.81. The molecule has 1 aromatic carbocycles. The topological polar surface area (TPSA) is 73.2 Å². The van der Waals surface area contributed by atoms with Crippen molar-refractivity contribution in [3.63, 3.8) is 0 Å². The maximum absolute atomic E-state index is 12.1. The highest BCUT2D eigenvalue weighted by atomic mass is 16.5. The van der Waals surface area contributed by atoms with Crippen molar-refractivity contribution in [1.82, 2.24) is 9.78 Å². The molecule has 6 nitrogen and oxygen atoms in total. The number of hydrogen-bond donors (Lipinski definition) is 1. The summed E-state index contributed by atoms with van der Waals surface area (Å²) >= 11 is 0. The second-order valence-corrected chi connectivity index (χ2v) is 4.86. The molecule has 0 radical (unpaired) electrons. The van der Waals surface area contributed by atoms with Gasteiger partial charge < -0.3 is 10.1 Å². The van der Waals surface area contributed by atoms with Gasteiger partial charge in [0.25, 0.3) is 0 Å². The fourth-order valence-electron chi connectivity index (χ4n) is 1.91. The van der Waals surface area contributed by atoms with Crippen molar-refractivity contribution in [3.8, 4) is 0 Å². The van der Waals surface area contributed by atoms with Gasteiger partial charge in [0.05, 0.1) is 6.61 Å². The van der Waals surface area contributed by atoms with Gasteiger partial charge in [-0.1, -0.05) is 12.1 Å². The van der Waals surface area contributed by atoms with Crippen LogP contribution in [0.25, 0.3) is 6.08 Å². The molecule has 0 saturated carbocycles. The van der Waals surface area contributed by atoms with Crippen LogP contribution in [0.5, 0.6) is 0 Å². The van der Waals surface area contributed by atoms with Gasteiger partial charge in [0.1, 0.15) is 6.04 Å². The van der Waals surface area contributed by atoms with E-state index in [1.165, 1.54) is 6.08 Å². The Morgan fingerprint density at radius 2 is 2.09 bits per heavy atom. The SMILES string of the molecule is CCOC(=O)/C=C/c1ccc(NC(=O)C(C)n2cccn2)cc1. The number of hydrogen-bond acceptors (Lipinski definition) is 4. The number of aromatic nitrogens is 2. The zero-order chi connectivity index (χ0) is 16.7. The average Bonchev–Trinajstić information content (AvgIpc) is 3.08. The lowest BCUT2D eigenvalue weighted by molar-refractivity contribution is -0.137. The molecule has 1 amide bonds. The number of benzene rings is 1. The molecule has 23 heavy (non-hydrogen) atoms. The summed E-state index contributed by atoms with van der Waals surface area (Å²) in [5, 5.41) is 6.88. The molecule has 1 aromatic heterocycles.